The van der Waals surface area contributed by atoms with Crippen molar-refractivity contribution < 1.29 is 4.79 Å². The molecule has 1 aromatic carbocycles. The zero-order chi connectivity index (χ0) is 29.2. The summed E-state index contributed by atoms with van der Waals surface area (Å²) in [6, 6.07) is 6.82. The highest BCUT2D eigenvalue weighted by Gasteiger charge is 2.38. The van der Waals surface area contributed by atoms with Gasteiger partial charge < -0.3 is 20.9 Å². The Balaban J connectivity index is 1.79. The molecule has 1 aromatic heterocycles. The number of aryl methyl sites for hydroxylation is 2. The Bertz CT molecular complexity index is 1310. The van der Waals surface area contributed by atoms with Crippen molar-refractivity contribution in [2.45, 2.75) is 130 Å². The number of aromatic amines is 1. The zero-order valence-corrected chi connectivity index (χ0v) is 25.9. The minimum atomic E-state index is -0.142. The quantitative estimate of drug-likeness (QED) is 0.284. The van der Waals surface area contributed by atoms with Gasteiger partial charge >= 0.3 is 0 Å². The van der Waals surface area contributed by atoms with Gasteiger partial charge in [0.05, 0.1) is 0 Å². The summed E-state index contributed by atoms with van der Waals surface area (Å²) < 4.78 is 0. The van der Waals surface area contributed by atoms with Crippen LogP contribution in [0, 0.1) is 13.8 Å². The third-order valence-corrected chi connectivity index (χ3v) is 8.69. The Hall–Kier alpha value is -2.86. The molecule has 0 atom stereocenters. The van der Waals surface area contributed by atoms with E-state index in [9.17, 15) is 9.59 Å². The van der Waals surface area contributed by atoms with Gasteiger partial charge in [-0.15, -0.1) is 0 Å². The SMILES string of the molecule is CC/C(C)=C/c1c(NC2CCCC2)cc(C2CC(C)(C)NC(C)(C)C2)cc1C(=O)NCc1c(C)cc(C)[nH]c1=O. The molecule has 2 heterocycles. The molecule has 4 N–H and O–H groups in total. The van der Waals surface area contributed by atoms with Crippen LogP contribution in [-0.4, -0.2) is 28.0 Å². The average Bonchev–Trinajstić information content (AvgIpc) is 3.35. The number of benzene rings is 1. The second-order valence-corrected chi connectivity index (χ2v) is 13.6. The third-order valence-electron chi connectivity index (χ3n) is 8.69. The molecule has 2 aromatic rings. The maximum absolute atomic E-state index is 14.0. The fraction of sp³-hybridized carbons (Fsp3) is 0.588. The maximum Gasteiger partial charge on any atom is 0.253 e. The summed E-state index contributed by atoms with van der Waals surface area (Å²) in [4.78, 5) is 29.5. The highest BCUT2D eigenvalue weighted by atomic mass is 16.1. The Kier molecular flexibility index (Phi) is 8.99. The molecule has 1 aliphatic heterocycles. The highest BCUT2D eigenvalue weighted by Crippen LogP contribution is 2.41. The van der Waals surface area contributed by atoms with Crippen molar-refractivity contribution in [1.29, 1.82) is 0 Å². The number of piperidine rings is 1. The fourth-order valence-electron chi connectivity index (χ4n) is 6.94. The van der Waals surface area contributed by atoms with Crippen LogP contribution in [0.15, 0.2) is 28.6 Å². The van der Waals surface area contributed by atoms with Gasteiger partial charge in [-0.2, -0.15) is 0 Å². The van der Waals surface area contributed by atoms with Crippen LogP contribution in [0.1, 0.15) is 131 Å². The molecule has 1 aliphatic carbocycles. The summed E-state index contributed by atoms with van der Waals surface area (Å²) in [6.07, 6.45) is 9.89. The topological polar surface area (TPSA) is 86.0 Å². The summed E-state index contributed by atoms with van der Waals surface area (Å²) >= 11 is 0. The number of amides is 1. The Morgan fingerprint density at radius 3 is 2.30 bits per heavy atom. The second kappa shape index (κ2) is 11.9. The summed E-state index contributed by atoms with van der Waals surface area (Å²) in [7, 11) is 0. The first-order chi connectivity index (χ1) is 18.8. The molecule has 1 saturated carbocycles. The number of hydrogen-bond donors (Lipinski definition) is 4. The number of rotatable bonds is 8. The van der Waals surface area contributed by atoms with E-state index < -0.39 is 0 Å². The zero-order valence-electron chi connectivity index (χ0n) is 25.9. The number of allylic oxidation sites excluding steroid dienone is 1. The van der Waals surface area contributed by atoms with Gasteiger partial charge in [-0.25, -0.2) is 0 Å². The summed E-state index contributed by atoms with van der Waals surface area (Å²) in [6.45, 7) is 17.4. The number of hydrogen-bond acceptors (Lipinski definition) is 4. The van der Waals surface area contributed by atoms with E-state index in [1.54, 1.807) is 0 Å². The predicted molar refractivity (Wildman–Crippen MR) is 167 cm³/mol. The molecule has 6 heteroatoms. The van der Waals surface area contributed by atoms with Gasteiger partial charge in [-0.05, 0) is 116 Å². The monoisotopic (exact) mass is 546 g/mol. The van der Waals surface area contributed by atoms with Gasteiger partial charge in [-0.3, -0.25) is 9.59 Å². The van der Waals surface area contributed by atoms with E-state index in [1.165, 1.54) is 24.0 Å². The van der Waals surface area contributed by atoms with Crippen molar-refractivity contribution in [3.05, 3.63) is 67.6 Å². The molecular weight excluding hydrogens is 496 g/mol. The van der Waals surface area contributed by atoms with E-state index in [1.807, 2.05) is 19.9 Å². The van der Waals surface area contributed by atoms with Crippen molar-refractivity contribution in [3.8, 4) is 0 Å². The molecule has 0 unspecified atom stereocenters. The number of carbonyl (C=O) groups is 1. The molecule has 40 heavy (non-hydrogen) atoms. The van der Waals surface area contributed by atoms with Crippen LogP contribution < -0.4 is 21.5 Å². The molecule has 1 amide bonds. The first-order valence-electron chi connectivity index (χ1n) is 15.2. The predicted octanol–water partition coefficient (Wildman–Crippen LogP) is 7.11. The van der Waals surface area contributed by atoms with Gasteiger partial charge in [0.25, 0.3) is 11.5 Å². The highest BCUT2D eigenvalue weighted by molar-refractivity contribution is 6.00. The van der Waals surface area contributed by atoms with Gasteiger partial charge in [0.15, 0.2) is 0 Å². The molecule has 4 rings (SSSR count). The number of pyridine rings is 1. The minimum absolute atomic E-state index is 0.00471. The van der Waals surface area contributed by atoms with Crippen LogP contribution in [0.25, 0.3) is 6.08 Å². The van der Waals surface area contributed by atoms with E-state index >= 15 is 0 Å². The lowest BCUT2D eigenvalue weighted by molar-refractivity contribution is 0.0950. The number of carbonyl (C=O) groups excluding carboxylic acids is 1. The first-order valence-corrected chi connectivity index (χ1v) is 15.2. The summed E-state index contributed by atoms with van der Waals surface area (Å²) in [5.41, 5.74) is 7.29. The normalized spacial score (nSPS) is 19.6. The maximum atomic E-state index is 14.0. The van der Waals surface area contributed by atoms with Crippen LogP contribution >= 0.6 is 0 Å². The number of nitrogens with one attached hydrogen (secondary N) is 4. The molecule has 1 saturated heterocycles. The standard InChI is InChI=1S/C34H50N4O2/c1-9-21(2)14-27-28(31(39)35-20-29-22(3)15-23(4)36-32(29)40)16-24(17-30(27)37-26-12-10-11-13-26)25-18-33(5,6)38-34(7,8)19-25/h14-17,25-26,37-38H,9-13,18-20H2,1-8H3,(H,35,39)(H,36,40)/b21-14+. The lowest BCUT2D eigenvalue weighted by Gasteiger charge is -2.47. The number of aromatic nitrogens is 1. The second-order valence-electron chi connectivity index (χ2n) is 13.6. The molecule has 6 nitrogen and oxygen atoms in total. The molecule has 0 bridgehead atoms. The number of H-pyrrole nitrogens is 1. The van der Waals surface area contributed by atoms with Crippen molar-refractivity contribution in [3.63, 3.8) is 0 Å². The van der Waals surface area contributed by atoms with E-state index in [4.69, 9.17) is 0 Å². The summed E-state index contributed by atoms with van der Waals surface area (Å²) in [5, 5.41) is 10.8. The van der Waals surface area contributed by atoms with Crippen molar-refractivity contribution in [1.82, 2.24) is 15.6 Å². The molecule has 0 radical (unpaired) electrons. The van der Waals surface area contributed by atoms with Gasteiger partial charge in [-0.1, -0.05) is 31.4 Å². The van der Waals surface area contributed by atoms with Crippen LogP contribution in [0.4, 0.5) is 5.69 Å². The van der Waals surface area contributed by atoms with Crippen LogP contribution in [-0.2, 0) is 6.54 Å². The lowest BCUT2D eigenvalue weighted by Crippen LogP contribution is -2.57. The van der Waals surface area contributed by atoms with E-state index in [2.05, 4.69) is 80.7 Å². The largest absolute Gasteiger partial charge is 0.382 e. The third kappa shape index (κ3) is 7.25. The van der Waals surface area contributed by atoms with Gasteiger partial charge in [0, 0.05) is 51.7 Å². The minimum Gasteiger partial charge on any atom is -0.382 e. The van der Waals surface area contributed by atoms with Gasteiger partial charge in [0.1, 0.15) is 0 Å². The molecular formula is C34H50N4O2. The number of anilines is 1. The van der Waals surface area contributed by atoms with Crippen molar-refractivity contribution in [2.24, 2.45) is 0 Å². The van der Waals surface area contributed by atoms with E-state index in [0.29, 0.717) is 23.1 Å². The van der Waals surface area contributed by atoms with Crippen molar-refractivity contribution in [2.75, 3.05) is 5.32 Å². The average molecular weight is 547 g/mol. The summed E-state index contributed by atoms with van der Waals surface area (Å²) in [5.74, 6) is 0.188. The van der Waals surface area contributed by atoms with Crippen LogP contribution in [0.3, 0.4) is 0 Å². The lowest BCUT2D eigenvalue weighted by atomic mass is 9.72. The fourth-order valence-corrected chi connectivity index (χ4v) is 6.94. The Morgan fingerprint density at radius 1 is 1.05 bits per heavy atom. The molecule has 2 fully saturated rings. The van der Waals surface area contributed by atoms with Crippen LogP contribution in [0.5, 0.6) is 0 Å². The van der Waals surface area contributed by atoms with E-state index in [-0.39, 0.29) is 29.1 Å². The smallest absolute Gasteiger partial charge is 0.253 e. The molecule has 218 valence electrons. The van der Waals surface area contributed by atoms with Crippen LogP contribution in [0.2, 0.25) is 0 Å². The Labute approximate surface area is 240 Å². The Morgan fingerprint density at radius 2 is 1.70 bits per heavy atom. The van der Waals surface area contributed by atoms with Gasteiger partial charge in [0.2, 0.25) is 0 Å². The van der Waals surface area contributed by atoms with E-state index in [0.717, 1.165) is 54.6 Å². The van der Waals surface area contributed by atoms with Crippen molar-refractivity contribution >= 4 is 17.7 Å². The molecule has 0 spiro atoms. The first kappa shape index (κ1) is 30.1. The molecule has 2 aliphatic rings.